The molecule has 1 aromatic heterocycles. The third-order valence-electron chi connectivity index (χ3n) is 7.61. The number of carbonyl (C=O) groups is 2. The SMILES string of the molecule is O=C(N[C@@H](Cc1ccc(-c2ncccc2C(F)(F)F)c2c1CCCO2)C(=O)O)c1c(F)cc(N[C@H](c2ccccc2)C(F)(F)F)cc1F. The molecule has 1 aliphatic heterocycles. The molecule has 0 spiro atoms. The van der Waals surface area contributed by atoms with Crippen molar-refractivity contribution in [2.75, 3.05) is 11.9 Å². The van der Waals surface area contributed by atoms with E-state index in [0.29, 0.717) is 24.1 Å². The van der Waals surface area contributed by atoms with Gasteiger partial charge in [-0.15, -0.1) is 0 Å². The summed E-state index contributed by atoms with van der Waals surface area (Å²) in [4.78, 5) is 29.0. The minimum atomic E-state index is -4.86. The van der Waals surface area contributed by atoms with Crippen molar-refractivity contribution in [1.29, 1.82) is 0 Å². The quantitative estimate of drug-likeness (QED) is 0.158. The van der Waals surface area contributed by atoms with Gasteiger partial charge in [0.05, 0.1) is 17.9 Å². The number of carboxylic acids is 1. The van der Waals surface area contributed by atoms with E-state index in [-0.39, 0.29) is 35.5 Å². The molecule has 5 rings (SSSR count). The molecule has 0 aliphatic carbocycles. The van der Waals surface area contributed by atoms with E-state index in [1.165, 1.54) is 48.7 Å². The Morgan fingerprint density at radius 1 is 0.938 bits per heavy atom. The fraction of sp³-hybridized carbons (Fsp3) is 0.242. The van der Waals surface area contributed by atoms with Crippen LogP contribution < -0.4 is 15.4 Å². The van der Waals surface area contributed by atoms with Crippen LogP contribution in [0.3, 0.4) is 0 Å². The molecule has 1 aliphatic rings. The summed E-state index contributed by atoms with van der Waals surface area (Å²) in [7, 11) is 0. The molecule has 2 heterocycles. The van der Waals surface area contributed by atoms with Crippen LogP contribution in [0.2, 0.25) is 0 Å². The van der Waals surface area contributed by atoms with E-state index in [1.807, 2.05) is 10.6 Å². The average molecular weight is 680 g/mol. The number of hydrogen-bond donors (Lipinski definition) is 3. The highest BCUT2D eigenvalue weighted by Crippen LogP contribution is 2.43. The van der Waals surface area contributed by atoms with Crippen LogP contribution in [0.1, 0.15) is 45.1 Å². The number of fused-ring (bicyclic) bond motifs is 1. The molecular formula is C33H25F8N3O4. The van der Waals surface area contributed by atoms with Gasteiger partial charge in [0.25, 0.3) is 5.91 Å². The zero-order valence-electron chi connectivity index (χ0n) is 24.6. The Hall–Kier alpha value is -5.21. The first-order chi connectivity index (χ1) is 22.6. The van der Waals surface area contributed by atoms with E-state index in [1.54, 1.807) is 0 Å². The highest BCUT2D eigenvalue weighted by molar-refractivity contribution is 5.97. The number of benzene rings is 3. The molecule has 15 heteroatoms. The summed E-state index contributed by atoms with van der Waals surface area (Å²) < 4.78 is 118. The molecule has 3 aromatic carbocycles. The van der Waals surface area contributed by atoms with Crippen LogP contribution in [-0.2, 0) is 23.8 Å². The van der Waals surface area contributed by atoms with Gasteiger partial charge in [0.2, 0.25) is 0 Å². The molecule has 0 fully saturated rings. The standard InChI is InChI=1S/C33H25F8N3O4/c34-23-15-19(43-29(33(39,40)41)17-6-2-1-3-7-17)16-24(35)26(23)30(45)44-25(31(46)47)14-18-10-11-21(28-20(18)8-5-13-48-28)27-22(32(36,37)38)9-4-12-42-27/h1-4,6-7,9-12,15-16,25,29,43H,5,8,13-14H2,(H,44,45)(H,46,47)/t25-,29+/m0/s1. The number of amides is 1. The lowest BCUT2D eigenvalue weighted by Gasteiger charge is -2.25. The largest absolute Gasteiger partial charge is 0.493 e. The first kappa shape index (κ1) is 34.1. The van der Waals surface area contributed by atoms with Gasteiger partial charge in [-0.05, 0) is 59.9 Å². The number of nitrogens with one attached hydrogen (secondary N) is 2. The van der Waals surface area contributed by atoms with Crippen molar-refractivity contribution in [3.05, 3.63) is 112 Å². The summed E-state index contributed by atoms with van der Waals surface area (Å²) in [5, 5.41) is 13.9. The molecule has 0 bridgehead atoms. The molecule has 7 nitrogen and oxygen atoms in total. The predicted octanol–water partition coefficient (Wildman–Crippen LogP) is 7.51. The van der Waals surface area contributed by atoms with E-state index in [0.717, 1.165) is 12.1 Å². The van der Waals surface area contributed by atoms with Crippen LogP contribution in [0.15, 0.2) is 72.9 Å². The van der Waals surface area contributed by atoms with Crippen LogP contribution in [0.5, 0.6) is 5.75 Å². The highest BCUT2D eigenvalue weighted by atomic mass is 19.4. The van der Waals surface area contributed by atoms with E-state index >= 15 is 8.78 Å². The number of halogens is 8. The number of aromatic nitrogens is 1. The van der Waals surface area contributed by atoms with Crippen LogP contribution in [-0.4, -0.2) is 40.8 Å². The summed E-state index contributed by atoms with van der Waals surface area (Å²) in [5.74, 6) is -6.15. The number of pyridine rings is 1. The van der Waals surface area contributed by atoms with Crippen LogP contribution in [0.25, 0.3) is 11.3 Å². The number of ether oxygens (including phenoxy) is 1. The molecule has 4 aromatic rings. The van der Waals surface area contributed by atoms with Gasteiger partial charge < -0.3 is 20.5 Å². The number of nitrogens with zero attached hydrogens (tertiary/aromatic N) is 1. The number of rotatable bonds is 9. The third-order valence-corrected chi connectivity index (χ3v) is 7.61. The molecule has 3 N–H and O–H groups in total. The second kappa shape index (κ2) is 13.5. The zero-order chi connectivity index (χ0) is 34.8. The predicted molar refractivity (Wildman–Crippen MR) is 156 cm³/mol. The van der Waals surface area contributed by atoms with Crippen molar-refractivity contribution in [2.24, 2.45) is 0 Å². The number of carbonyl (C=O) groups excluding carboxylic acids is 1. The van der Waals surface area contributed by atoms with Crippen molar-refractivity contribution < 1.29 is 54.6 Å². The second-order valence-electron chi connectivity index (χ2n) is 10.8. The lowest BCUT2D eigenvalue weighted by Crippen LogP contribution is -2.43. The molecule has 0 saturated carbocycles. The fourth-order valence-corrected chi connectivity index (χ4v) is 5.45. The summed E-state index contributed by atoms with van der Waals surface area (Å²) in [5.41, 5.74) is -2.82. The van der Waals surface area contributed by atoms with Gasteiger partial charge in [0.15, 0.2) is 0 Å². The molecule has 0 radical (unpaired) electrons. The van der Waals surface area contributed by atoms with Crippen LogP contribution >= 0.6 is 0 Å². The number of alkyl halides is 6. The topological polar surface area (TPSA) is 101 Å². The summed E-state index contributed by atoms with van der Waals surface area (Å²) in [6, 6.07) is 8.01. The Labute approximate surface area is 267 Å². The van der Waals surface area contributed by atoms with Gasteiger partial charge in [-0.2, -0.15) is 26.3 Å². The minimum Gasteiger partial charge on any atom is -0.493 e. The number of hydrogen-bond acceptors (Lipinski definition) is 5. The molecule has 252 valence electrons. The lowest BCUT2D eigenvalue weighted by atomic mass is 9.90. The normalized spacial score (nSPS) is 14.3. The minimum absolute atomic E-state index is 0.0233. The Kier molecular flexibility index (Phi) is 9.59. The number of anilines is 1. The molecule has 2 atom stereocenters. The van der Waals surface area contributed by atoms with E-state index in [4.69, 9.17) is 4.74 Å². The van der Waals surface area contributed by atoms with Crippen molar-refractivity contribution in [3.63, 3.8) is 0 Å². The van der Waals surface area contributed by atoms with Gasteiger partial charge in [0.1, 0.15) is 35.0 Å². The first-order valence-corrected chi connectivity index (χ1v) is 14.4. The Balaban J connectivity index is 1.40. The molecule has 1 amide bonds. The van der Waals surface area contributed by atoms with Crippen molar-refractivity contribution in [1.82, 2.24) is 10.3 Å². The van der Waals surface area contributed by atoms with Crippen LogP contribution in [0.4, 0.5) is 40.8 Å². The highest BCUT2D eigenvalue weighted by Gasteiger charge is 2.41. The summed E-state index contributed by atoms with van der Waals surface area (Å²) >= 11 is 0. The van der Waals surface area contributed by atoms with Crippen molar-refractivity contribution in [3.8, 4) is 17.0 Å². The van der Waals surface area contributed by atoms with Gasteiger partial charge >= 0.3 is 18.3 Å². The Bertz CT molecular complexity index is 1810. The lowest BCUT2D eigenvalue weighted by molar-refractivity contribution is -0.144. The van der Waals surface area contributed by atoms with Gasteiger partial charge in [-0.3, -0.25) is 9.78 Å². The smallest absolute Gasteiger partial charge is 0.418 e. The molecule has 0 saturated heterocycles. The van der Waals surface area contributed by atoms with Crippen molar-refractivity contribution >= 4 is 17.6 Å². The molecule has 48 heavy (non-hydrogen) atoms. The monoisotopic (exact) mass is 679 g/mol. The maximum Gasteiger partial charge on any atom is 0.418 e. The van der Waals surface area contributed by atoms with E-state index in [9.17, 15) is 41.0 Å². The van der Waals surface area contributed by atoms with Crippen LogP contribution in [0, 0.1) is 11.6 Å². The first-order valence-electron chi connectivity index (χ1n) is 14.4. The third kappa shape index (κ3) is 7.34. The maximum absolute atomic E-state index is 15.1. The zero-order valence-corrected chi connectivity index (χ0v) is 24.6. The number of aliphatic carboxylic acids is 1. The average Bonchev–Trinajstić information content (AvgIpc) is 3.02. The van der Waals surface area contributed by atoms with E-state index < -0.39 is 76.9 Å². The maximum atomic E-state index is 15.1. The van der Waals surface area contributed by atoms with Gasteiger partial charge in [-0.25, -0.2) is 13.6 Å². The molecular weight excluding hydrogens is 654 g/mol. The Morgan fingerprint density at radius 3 is 2.25 bits per heavy atom. The van der Waals surface area contributed by atoms with Gasteiger partial charge in [-0.1, -0.05) is 36.4 Å². The summed E-state index contributed by atoms with van der Waals surface area (Å²) in [6.07, 6.45) is -8.13. The second-order valence-corrected chi connectivity index (χ2v) is 10.8. The molecule has 0 unspecified atom stereocenters. The van der Waals surface area contributed by atoms with E-state index in [2.05, 4.69) is 4.98 Å². The van der Waals surface area contributed by atoms with Crippen molar-refractivity contribution in [2.45, 2.75) is 43.7 Å². The fourth-order valence-electron chi connectivity index (χ4n) is 5.45. The Morgan fingerprint density at radius 2 is 1.62 bits per heavy atom. The van der Waals surface area contributed by atoms with Gasteiger partial charge in [0, 0.05) is 23.9 Å². The number of carboxylic acid groups (broad SMARTS) is 1. The summed E-state index contributed by atoms with van der Waals surface area (Å²) in [6.45, 7) is 0.162.